The van der Waals surface area contributed by atoms with Crippen LogP contribution in [0.3, 0.4) is 0 Å². The molecule has 2 aliphatic rings. The molecular weight excluding hydrogens is 334 g/mol. The summed E-state index contributed by atoms with van der Waals surface area (Å²) in [5, 5.41) is 11.3. The molecule has 140 valence electrons. The van der Waals surface area contributed by atoms with E-state index < -0.39 is 0 Å². The zero-order valence-corrected chi connectivity index (χ0v) is 15.3. The van der Waals surface area contributed by atoms with E-state index in [9.17, 15) is 4.79 Å². The number of aromatic amines is 1. The molecule has 2 aliphatic heterocycles. The van der Waals surface area contributed by atoms with Crippen LogP contribution in [0.15, 0.2) is 4.52 Å². The van der Waals surface area contributed by atoms with E-state index in [2.05, 4.69) is 34.2 Å². The first-order valence-electron chi connectivity index (χ1n) is 9.37. The lowest BCUT2D eigenvalue weighted by Crippen LogP contribution is -2.39. The highest BCUT2D eigenvalue weighted by molar-refractivity contribution is 5.94. The molecule has 1 atom stereocenters. The second kappa shape index (κ2) is 7.19. The van der Waals surface area contributed by atoms with Crippen molar-refractivity contribution in [3.8, 4) is 0 Å². The maximum Gasteiger partial charge on any atom is 0.274 e. The molecule has 0 bridgehead atoms. The Balaban J connectivity index is 1.47. The van der Waals surface area contributed by atoms with Crippen LogP contribution >= 0.6 is 0 Å². The van der Waals surface area contributed by atoms with Crippen LogP contribution in [-0.4, -0.2) is 50.8 Å². The van der Waals surface area contributed by atoms with Gasteiger partial charge in [0.25, 0.3) is 5.91 Å². The third-order valence-corrected chi connectivity index (χ3v) is 5.03. The average Bonchev–Trinajstić information content (AvgIpc) is 3.28. The lowest BCUT2D eigenvalue weighted by molar-refractivity contribution is 0.0677. The van der Waals surface area contributed by atoms with Gasteiger partial charge in [-0.1, -0.05) is 19.0 Å². The molecule has 26 heavy (non-hydrogen) atoms. The van der Waals surface area contributed by atoms with Gasteiger partial charge in [-0.2, -0.15) is 10.1 Å². The lowest BCUT2D eigenvalue weighted by atomic mass is 9.97. The summed E-state index contributed by atoms with van der Waals surface area (Å²) >= 11 is 0. The van der Waals surface area contributed by atoms with Gasteiger partial charge in [-0.15, -0.1) is 0 Å². The second-order valence-electron chi connectivity index (χ2n) is 7.57. The quantitative estimate of drug-likeness (QED) is 0.898. The predicted molar refractivity (Wildman–Crippen MR) is 92.7 cm³/mol. The first-order chi connectivity index (χ1) is 12.6. The smallest absolute Gasteiger partial charge is 0.274 e. The molecule has 1 fully saturated rings. The van der Waals surface area contributed by atoms with Crippen molar-refractivity contribution in [1.82, 2.24) is 25.2 Å². The molecule has 0 aliphatic carbocycles. The minimum Gasteiger partial charge on any atom is -0.376 e. The maximum absolute atomic E-state index is 13.0. The Morgan fingerprint density at radius 2 is 2.31 bits per heavy atom. The molecule has 1 saturated heterocycles. The van der Waals surface area contributed by atoms with Crippen molar-refractivity contribution < 1.29 is 14.1 Å². The third kappa shape index (κ3) is 3.38. The molecule has 4 rings (SSSR count). The normalized spacial score (nSPS) is 20.4. The summed E-state index contributed by atoms with van der Waals surface area (Å²) in [5.74, 6) is 1.92. The van der Waals surface area contributed by atoms with Gasteiger partial charge in [-0.3, -0.25) is 9.89 Å². The summed E-state index contributed by atoms with van der Waals surface area (Å²) in [6.07, 6.45) is 3.45. The Morgan fingerprint density at radius 3 is 3.15 bits per heavy atom. The topological polar surface area (TPSA) is 97.1 Å². The van der Waals surface area contributed by atoms with Crippen LogP contribution in [0.1, 0.15) is 66.1 Å². The van der Waals surface area contributed by atoms with Gasteiger partial charge in [0.2, 0.25) is 5.89 Å². The number of fused-ring (bicyclic) bond motifs is 1. The van der Waals surface area contributed by atoms with Crippen molar-refractivity contribution in [2.75, 3.05) is 19.7 Å². The number of H-pyrrole nitrogens is 1. The summed E-state index contributed by atoms with van der Waals surface area (Å²) in [7, 11) is 0. The number of ether oxygens (including phenoxy) is 1. The highest BCUT2D eigenvalue weighted by Gasteiger charge is 2.32. The van der Waals surface area contributed by atoms with Gasteiger partial charge < -0.3 is 14.2 Å². The molecule has 1 N–H and O–H groups in total. The number of nitrogens with one attached hydrogen (secondary N) is 1. The Bertz CT molecular complexity index is 782. The van der Waals surface area contributed by atoms with Crippen molar-refractivity contribution in [1.29, 1.82) is 0 Å². The van der Waals surface area contributed by atoms with Gasteiger partial charge in [0, 0.05) is 37.2 Å². The molecule has 8 heteroatoms. The Labute approximate surface area is 152 Å². The fourth-order valence-corrected chi connectivity index (χ4v) is 3.68. The van der Waals surface area contributed by atoms with Crippen LogP contribution in [0.4, 0.5) is 0 Å². The van der Waals surface area contributed by atoms with Crippen LogP contribution in [0.25, 0.3) is 0 Å². The molecule has 2 aromatic rings. The number of carbonyl (C=O) groups excluding carboxylic acids is 1. The summed E-state index contributed by atoms with van der Waals surface area (Å²) in [6, 6.07) is 0. The fraction of sp³-hybridized carbons (Fsp3) is 0.667. The highest BCUT2D eigenvalue weighted by Crippen LogP contribution is 2.28. The van der Waals surface area contributed by atoms with Crippen LogP contribution in [0.5, 0.6) is 0 Å². The number of hydrogen-bond donors (Lipinski definition) is 1. The number of rotatable bonds is 4. The number of amides is 1. The van der Waals surface area contributed by atoms with E-state index in [-0.39, 0.29) is 11.8 Å². The molecule has 1 unspecified atom stereocenters. The van der Waals surface area contributed by atoms with Crippen molar-refractivity contribution in [3.05, 3.63) is 28.7 Å². The summed E-state index contributed by atoms with van der Waals surface area (Å²) in [6.45, 7) is 6.70. The number of hydrogen-bond acceptors (Lipinski definition) is 6. The minimum absolute atomic E-state index is 0.0420. The number of aromatic nitrogens is 4. The Kier molecular flexibility index (Phi) is 4.76. The van der Waals surface area contributed by atoms with Gasteiger partial charge in [-0.05, 0) is 18.8 Å². The molecule has 0 saturated carbocycles. The van der Waals surface area contributed by atoms with Crippen molar-refractivity contribution in [3.63, 3.8) is 0 Å². The van der Waals surface area contributed by atoms with E-state index in [1.54, 1.807) is 0 Å². The Morgan fingerprint density at radius 1 is 1.42 bits per heavy atom. The summed E-state index contributed by atoms with van der Waals surface area (Å²) < 4.78 is 11.0. The van der Waals surface area contributed by atoms with Crippen LogP contribution < -0.4 is 0 Å². The molecule has 8 nitrogen and oxygen atoms in total. The zero-order chi connectivity index (χ0) is 18.1. The number of likely N-dealkylation sites (tertiary alicyclic amines) is 1. The molecular formula is C18H25N5O3. The van der Waals surface area contributed by atoms with E-state index in [1.807, 2.05) is 4.90 Å². The van der Waals surface area contributed by atoms with E-state index in [0.717, 1.165) is 49.3 Å². The molecule has 1 amide bonds. The van der Waals surface area contributed by atoms with E-state index in [4.69, 9.17) is 9.26 Å². The first kappa shape index (κ1) is 17.2. The number of carbonyl (C=O) groups is 1. The number of piperidine rings is 1. The zero-order valence-electron chi connectivity index (χ0n) is 15.3. The average molecular weight is 359 g/mol. The maximum atomic E-state index is 13.0. The van der Waals surface area contributed by atoms with Gasteiger partial charge >= 0.3 is 0 Å². The second-order valence-corrected chi connectivity index (χ2v) is 7.57. The lowest BCUT2D eigenvalue weighted by Gasteiger charge is -2.30. The summed E-state index contributed by atoms with van der Waals surface area (Å²) in [4.78, 5) is 19.4. The number of nitrogens with zero attached hydrogens (tertiary/aromatic N) is 4. The van der Waals surface area contributed by atoms with Gasteiger partial charge in [0.1, 0.15) is 0 Å². The SMILES string of the molecule is CC(C)Cc1noc(C2CCCN(C(=O)c3n[nH]c4c3COCC4)C2)n1. The molecule has 2 aromatic heterocycles. The van der Waals surface area contributed by atoms with Gasteiger partial charge in [-0.25, -0.2) is 0 Å². The monoisotopic (exact) mass is 359 g/mol. The minimum atomic E-state index is -0.0420. The van der Waals surface area contributed by atoms with Crippen molar-refractivity contribution >= 4 is 5.91 Å². The van der Waals surface area contributed by atoms with E-state index in [0.29, 0.717) is 37.3 Å². The highest BCUT2D eigenvalue weighted by atomic mass is 16.5. The van der Waals surface area contributed by atoms with E-state index >= 15 is 0 Å². The molecule has 0 aromatic carbocycles. The predicted octanol–water partition coefficient (Wildman–Crippen LogP) is 2.08. The Hall–Kier alpha value is -2.22. The molecule has 0 radical (unpaired) electrons. The fourth-order valence-electron chi connectivity index (χ4n) is 3.68. The van der Waals surface area contributed by atoms with Crippen LogP contribution in [0, 0.1) is 5.92 Å². The van der Waals surface area contributed by atoms with E-state index in [1.165, 1.54) is 0 Å². The van der Waals surface area contributed by atoms with Gasteiger partial charge in [0.05, 0.1) is 19.1 Å². The van der Waals surface area contributed by atoms with Crippen LogP contribution in [0.2, 0.25) is 0 Å². The van der Waals surface area contributed by atoms with Crippen molar-refractivity contribution in [2.24, 2.45) is 5.92 Å². The van der Waals surface area contributed by atoms with Crippen LogP contribution in [-0.2, 0) is 24.2 Å². The molecule has 4 heterocycles. The largest absolute Gasteiger partial charge is 0.376 e. The third-order valence-electron chi connectivity index (χ3n) is 5.03. The molecule has 0 spiro atoms. The van der Waals surface area contributed by atoms with Crippen molar-refractivity contribution in [2.45, 2.75) is 52.1 Å². The summed E-state index contributed by atoms with van der Waals surface area (Å²) in [5.41, 5.74) is 2.41. The standard InChI is InChI=1S/C18H25N5O3/c1-11(2)8-15-19-17(26-22-15)12-4-3-6-23(9-12)18(24)16-13-10-25-7-5-14(13)20-21-16/h11-12H,3-10H2,1-2H3,(H,20,21). The first-order valence-corrected chi connectivity index (χ1v) is 9.37. The van der Waals surface area contributed by atoms with Gasteiger partial charge in [0.15, 0.2) is 11.5 Å².